The Morgan fingerprint density at radius 3 is 2.48 bits per heavy atom. The molecule has 2 unspecified atom stereocenters. The van der Waals surface area contributed by atoms with Crippen LogP contribution in [0.1, 0.15) is 50.1 Å². The molecule has 6 rings (SSSR count). The Hall–Kier alpha value is -3.36. The second-order valence-electron chi connectivity index (χ2n) is 11.0. The van der Waals surface area contributed by atoms with E-state index in [4.69, 9.17) is 4.98 Å². The molecule has 8 nitrogen and oxygen atoms in total. The third kappa shape index (κ3) is 5.47. The van der Waals surface area contributed by atoms with Crippen molar-refractivity contribution in [2.75, 3.05) is 29.5 Å². The number of carbonyl (C=O) groups excluding carboxylic acids is 1. The molecule has 0 bridgehead atoms. The third-order valence-electron chi connectivity index (χ3n) is 8.22. The van der Waals surface area contributed by atoms with Crippen LogP contribution in [0.15, 0.2) is 42.6 Å². The van der Waals surface area contributed by atoms with Gasteiger partial charge in [0.1, 0.15) is 16.4 Å². The fraction of sp³-hybridized carbons (Fsp3) is 0.448. The van der Waals surface area contributed by atoms with E-state index < -0.39 is 21.2 Å². The van der Waals surface area contributed by atoms with Crippen molar-refractivity contribution in [2.24, 2.45) is 5.92 Å². The monoisotopic (exact) mass is 579 g/mol. The highest BCUT2D eigenvalue weighted by Gasteiger charge is 2.47. The van der Waals surface area contributed by atoms with E-state index in [0.717, 1.165) is 47.5 Å². The predicted molar refractivity (Wildman–Crippen MR) is 152 cm³/mol. The van der Waals surface area contributed by atoms with Gasteiger partial charge < -0.3 is 10.2 Å². The highest BCUT2D eigenvalue weighted by Crippen LogP contribution is 2.46. The number of anilines is 1. The van der Waals surface area contributed by atoms with Crippen molar-refractivity contribution in [3.8, 4) is 27.2 Å². The molecule has 1 aromatic carbocycles. The number of amides is 1. The first-order chi connectivity index (χ1) is 19.3. The van der Waals surface area contributed by atoms with Crippen LogP contribution in [-0.2, 0) is 14.6 Å². The van der Waals surface area contributed by atoms with Crippen molar-refractivity contribution >= 4 is 32.8 Å². The molecule has 0 radical (unpaired) electrons. The molecule has 3 heterocycles. The Labute approximate surface area is 237 Å². The van der Waals surface area contributed by atoms with Gasteiger partial charge in [-0.3, -0.25) is 9.78 Å². The molecule has 2 atom stereocenters. The van der Waals surface area contributed by atoms with Crippen molar-refractivity contribution in [1.82, 2.24) is 15.3 Å². The van der Waals surface area contributed by atoms with Gasteiger partial charge in [-0.15, -0.1) is 11.3 Å². The molecular weight excluding hydrogens is 549 g/mol. The third-order valence-corrected chi connectivity index (χ3v) is 11.0. The van der Waals surface area contributed by atoms with Crippen LogP contribution in [0.4, 0.5) is 10.1 Å². The average molecular weight is 580 g/mol. The summed E-state index contributed by atoms with van der Waals surface area (Å²) in [5.41, 5.74) is 2.60. The van der Waals surface area contributed by atoms with Crippen molar-refractivity contribution < 1.29 is 17.6 Å². The molecule has 2 aliphatic carbocycles. The van der Waals surface area contributed by atoms with Crippen LogP contribution < -0.4 is 10.2 Å². The molecule has 1 saturated heterocycles. The van der Waals surface area contributed by atoms with Crippen LogP contribution in [0, 0.1) is 23.1 Å². The Bertz CT molecular complexity index is 1550. The first-order valence-corrected chi connectivity index (χ1v) is 16.3. The van der Waals surface area contributed by atoms with Gasteiger partial charge in [-0.05, 0) is 55.5 Å². The molecule has 3 fully saturated rings. The molecule has 1 amide bonds. The molecule has 1 N–H and O–H groups in total. The second-order valence-corrected chi connectivity index (χ2v) is 14.3. The van der Waals surface area contributed by atoms with Crippen molar-refractivity contribution in [3.63, 3.8) is 0 Å². The number of rotatable bonds is 6. The van der Waals surface area contributed by atoms with Crippen molar-refractivity contribution in [1.29, 1.82) is 5.26 Å². The molecule has 3 aliphatic rings. The molecule has 40 heavy (non-hydrogen) atoms. The number of sulfone groups is 1. The van der Waals surface area contributed by atoms with Gasteiger partial charge >= 0.3 is 0 Å². The summed E-state index contributed by atoms with van der Waals surface area (Å²) >= 11 is 1.48. The molecule has 0 spiro atoms. The van der Waals surface area contributed by atoms with E-state index in [-0.39, 0.29) is 29.2 Å². The van der Waals surface area contributed by atoms with E-state index in [1.165, 1.54) is 23.6 Å². The van der Waals surface area contributed by atoms with Gasteiger partial charge in [0.2, 0.25) is 5.91 Å². The number of halogens is 1. The zero-order valence-corrected chi connectivity index (χ0v) is 23.6. The summed E-state index contributed by atoms with van der Waals surface area (Å²) in [5, 5.41) is 13.2. The highest BCUT2D eigenvalue weighted by atomic mass is 32.2. The largest absolute Gasteiger partial charge is 0.369 e. The number of nitrogens with one attached hydrogen (secondary N) is 1. The molecule has 208 valence electrons. The number of hydrogen-bond acceptors (Lipinski definition) is 8. The SMILES string of the molecule is N#CC1(NC(=O)C2CCCCC2c2nc(-c3ccc(F)cn3)sc2-c2ccc(N3CCS(=O)(=O)CC3)cc2)CC1. The molecule has 2 saturated carbocycles. The lowest BCUT2D eigenvalue weighted by molar-refractivity contribution is -0.127. The number of pyridine rings is 1. The van der Waals surface area contributed by atoms with Gasteiger partial charge in [0.05, 0.1) is 40.0 Å². The summed E-state index contributed by atoms with van der Waals surface area (Å²) in [7, 11) is -2.97. The molecule has 11 heteroatoms. The van der Waals surface area contributed by atoms with Crippen LogP contribution >= 0.6 is 11.3 Å². The number of nitrogens with zero attached hydrogens (tertiary/aromatic N) is 4. The van der Waals surface area contributed by atoms with Gasteiger partial charge in [0.25, 0.3) is 0 Å². The maximum Gasteiger partial charge on any atom is 0.225 e. The fourth-order valence-electron chi connectivity index (χ4n) is 5.69. The first kappa shape index (κ1) is 26.8. The quantitative estimate of drug-likeness (QED) is 0.450. The maximum absolute atomic E-state index is 13.6. The molecular formula is C29H30FN5O3S2. The van der Waals surface area contributed by atoms with Crippen LogP contribution in [0.2, 0.25) is 0 Å². The van der Waals surface area contributed by atoms with E-state index >= 15 is 0 Å². The predicted octanol–water partition coefficient (Wildman–Crippen LogP) is 4.69. The number of aromatic nitrogens is 2. The summed E-state index contributed by atoms with van der Waals surface area (Å²) in [6.45, 7) is 0.938. The average Bonchev–Trinajstić information content (AvgIpc) is 3.60. The molecule has 1 aliphatic heterocycles. The summed E-state index contributed by atoms with van der Waals surface area (Å²) in [4.78, 5) is 25.7. The smallest absolute Gasteiger partial charge is 0.225 e. The number of hydrogen-bond donors (Lipinski definition) is 1. The fourth-order valence-corrected chi connectivity index (χ4v) is 8.01. The van der Waals surface area contributed by atoms with Crippen LogP contribution in [0.25, 0.3) is 21.1 Å². The minimum absolute atomic E-state index is 0.0837. The Kier molecular flexibility index (Phi) is 7.09. The number of benzene rings is 1. The van der Waals surface area contributed by atoms with Gasteiger partial charge in [-0.1, -0.05) is 25.0 Å². The number of carbonyl (C=O) groups is 1. The normalized spacial score (nSPS) is 23.2. The highest BCUT2D eigenvalue weighted by molar-refractivity contribution is 7.91. The summed E-state index contributed by atoms with van der Waals surface area (Å²) in [6.07, 6.45) is 6.02. The van der Waals surface area contributed by atoms with E-state index in [0.29, 0.717) is 36.6 Å². The Morgan fingerprint density at radius 1 is 1.10 bits per heavy atom. The summed E-state index contributed by atoms with van der Waals surface area (Å²) in [6, 6.07) is 13.3. The van der Waals surface area contributed by atoms with Crippen LogP contribution in [0.5, 0.6) is 0 Å². The van der Waals surface area contributed by atoms with Gasteiger partial charge in [0, 0.05) is 30.6 Å². The van der Waals surface area contributed by atoms with Gasteiger partial charge in [-0.25, -0.2) is 17.8 Å². The lowest BCUT2D eigenvalue weighted by Crippen LogP contribution is -2.42. The standard InChI is InChI=1S/C29H30FN5O3S2/c30-20-7-10-24(32-17-20)28-33-25(22-3-1-2-4-23(22)27(36)34-29(18-31)11-12-29)26(39-28)19-5-8-21(9-6-19)35-13-15-40(37,38)16-14-35/h5-10,17,22-23H,1-4,11-16H2,(H,34,36). The van der Waals surface area contributed by atoms with Crippen molar-refractivity contribution in [3.05, 3.63) is 54.1 Å². The Balaban J connectivity index is 1.35. The summed E-state index contributed by atoms with van der Waals surface area (Å²) < 4.78 is 37.3. The minimum atomic E-state index is -2.97. The molecule has 3 aromatic rings. The Morgan fingerprint density at radius 2 is 1.82 bits per heavy atom. The van der Waals surface area contributed by atoms with Crippen molar-refractivity contribution in [2.45, 2.75) is 50.0 Å². The topological polar surface area (TPSA) is 116 Å². The van der Waals surface area contributed by atoms with Crippen LogP contribution in [0.3, 0.4) is 0 Å². The van der Waals surface area contributed by atoms with E-state index in [9.17, 15) is 22.9 Å². The summed E-state index contributed by atoms with van der Waals surface area (Å²) in [5.74, 6) is -0.600. The minimum Gasteiger partial charge on any atom is -0.369 e. The zero-order chi connectivity index (χ0) is 27.9. The van der Waals surface area contributed by atoms with Crippen LogP contribution in [-0.4, -0.2) is 54.4 Å². The first-order valence-electron chi connectivity index (χ1n) is 13.7. The lowest BCUT2D eigenvalue weighted by atomic mass is 9.76. The maximum atomic E-state index is 13.6. The lowest BCUT2D eigenvalue weighted by Gasteiger charge is -2.31. The number of nitriles is 1. The van der Waals surface area contributed by atoms with Gasteiger partial charge in [-0.2, -0.15) is 5.26 Å². The zero-order valence-electron chi connectivity index (χ0n) is 22.0. The second kappa shape index (κ2) is 10.6. The van der Waals surface area contributed by atoms with E-state index in [2.05, 4.69) is 21.3 Å². The van der Waals surface area contributed by atoms with E-state index in [1.807, 2.05) is 24.3 Å². The van der Waals surface area contributed by atoms with Gasteiger partial charge in [0.15, 0.2) is 9.84 Å². The molecule has 2 aromatic heterocycles. The van der Waals surface area contributed by atoms with E-state index in [1.54, 1.807) is 6.07 Å². The number of thiazole rings is 1.